The zero-order valence-electron chi connectivity index (χ0n) is 3.63. The summed E-state index contributed by atoms with van der Waals surface area (Å²) >= 11 is 0. The number of hydrazine groups is 2. The molecular weight excluding hydrogens is 143 g/mol. The summed E-state index contributed by atoms with van der Waals surface area (Å²) < 4.78 is 0. The summed E-state index contributed by atoms with van der Waals surface area (Å²) in [6.07, 6.45) is 0. The van der Waals surface area contributed by atoms with Crippen LogP contribution in [0.3, 0.4) is 0 Å². The number of nitrogens with two attached hydrogens (primary N) is 4. The number of rotatable bonds is 0. The summed E-state index contributed by atoms with van der Waals surface area (Å²) in [5.41, 5.74) is 0. The summed E-state index contributed by atoms with van der Waals surface area (Å²) in [5, 5.41) is 0. The number of hydrogen-bond donors (Lipinski definition) is 4. The molecule has 0 unspecified atom stereocenters. The maximum Gasteiger partial charge on any atom is -0.147 e. The normalized spacial score (nSPS) is 1.71. The van der Waals surface area contributed by atoms with Crippen molar-refractivity contribution in [3.8, 4) is 0 Å². The first-order chi connectivity index (χ1) is 2.00. The van der Waals surface area contributed by atoms with E-state index in [1.54, 1.807) is 0 Å². The first-order valence-corrected chi connectivity index (χ1v) is 0.667. The van der Waals surface area contributed by atoms with Crippen LogP contribution in [-0.2, 0) is 0 Å². The molecule has 0 atom stereocenters. The minimum atomic E-state index is 0. The predicted molar refractivity (Wildman–Crippen MR) is 34.9 cm³/mol. The lowest BCUT2D eigenvalue weighted by Gasteiger charge is -1.27. The van der Waals surface area contributed by atoms with Gasteiger partial charge in [0.25, 0.3) is 0 Å². The second kappa shape index (κ2) is 1280. The van der Waals surface area contributed by atoms with Gasteiger partial charge < -0.3 is 5.48 Å². The van der Waals surface area contributed by atoms with E-state index in [1.165, 1.54) is 0 Å². The Morgan fingerprint density at radius 2 is 0.571 bits per heavy atom. The van der Waals surface area contributed by atoms with Crippen molar-refractivity contribution in [3.05, 3.63) is 0 Å². The zero-order chi connectivity index (χ0) is 4.00. The van der Waals surface area contributed by atoms with Crippen molar-refractivity contribution in [1.29, 1.82) is 0 Å². The van der Waals surface area contributed by atoms with E-state index in [4.69, 9.17) is 0 Å². The molecule has 0 aliphatic heterocycles. The fourth-order valence-corrected chi connectivity index (χ4v) is 0. The molecule has 0 saturated heterocycles. The summed E-state index contributed by atoms with van der Waals surface area (Å²) in [6, 6.07) is 0. The molecule has 0 bridgehead atoms. The first-order valence-electron chi connectivity index (χ1n) is 0.667. The molecule has 0 aliphatic carbocycles. The average Bonchev–Trinajstić information content (AvgIpc) is 1.50. The van der Waals surface area contributed by atoms with Gasteiger partial charge in [0.05, 0.1) is 0 Å². The Morgan fingerprint density at radius 1 is 0.571 bits per heavy atom. The molecule has 7 heteroatoms. The Morgan fingerprint density at radius 3 is 0.571 bits per heavy atom. The van der Waals surface area contributed by atoms with Crippen LogP contribution in [0.5, 0.6) is 0 Å². The van der Waals surface area contributed by atoms with Crippen LogP contribution < -0.4 is 23.4 Å². The Balaban J connectivity index is -0.00000000267. The molecule has 0 aromatic rings. The van der Waals surface area contributed by atoms with E-state index in [0.29, 0.717) is 0 Å². The Bertz CT molecular complexity index is 9.65. The fraction of sp³-hybridized carbons (Fsp3) is 0. The van der Waals surface area contributed by atoms with E-state index in [2.05, 4.69) is 23.4 Å². The molecule has 0 rings (SSSR count). The van der Waals surface area contributed by atoms with Crippen molar-refractivity contribution in [2.24, 2.45) is 23.4 Å². The molecule has 0 radical (unpaired) electrons. The fourth-order valence-electron chi connectivity index (χ4n) is 0. The van der Waals surface area contributed by atoms with E-state index in [0.717, 1.165) is 0 Å². The van der Waals surface area contributed by atoms with Crippen molar-refractivity contribution in [2.75, 3.05) is 0 Å². The van der Waals surface area contributed by atoms with Crippen LogP contribution >= 0.6 is 24.8 Å². The van der Waals surface area contributed by atoms with Gasteiger partial charge in [0, 0.05) is 0 Å². The van der Waals surface area contributed by atoms with Crippen molar-refractivity contribution >= 4 is 24.8 Å². The van der Waals surface area contributed by atoms with Gasteiger partial charge >= 0.3 is 0 Å². The van der Waals surface area contributed by atoms with Gasteiger partial charge in [-0.3, -0.25) is 23.4 Å². The molecule has 7 heavy (non-hydrogen) atoms. The maximum absolute atomic E-state index is 4.00. The second-order valence-electron chi connectivity index (χ2n) is 0. The molecule has 52 valence electrons. The molecular formula is H12Cl2N4O. The molecule has 10 N–H and O–H groups in total. The van der Waals surface area contributed by atoms with Crippen LogP contribution in [0.4, 0.5) is 0 Å². The van der Waals surface area contributed by atoms with Gasteiger partial charge in [-0.1, -0.05) is 0 Å². The largest absolute Gasteiger partial charge is 0.412 e. The maximum atomic E-state index is 4.00. The van der Waals surface area contributed by atoms with Gasteiger partial charge in [0.15, 0.2) is 0 Å². The number of halogens is 2. The predicted octanol–water partition coefficient (Wildman–Crippen LogP) is -2.34. The summed E-state index contributed by atoms with van der Waals surface area (Å²) in [4.78, 5) is 0. The lowest BCUT2D eigenvalue weighted by atomic mass is 13.0. The highest BCUT2D eigenvalue weighted by Gasteiger charge is 0.728. The highest BCUT2D eigenvalue weighted by molar-refractivity contribution is 5.85. The molecule has 0 heterocycles. The Kier molecular flexibility index (Phi) is 9690. The summed E-state index contributed by atoms with van der Waals surface area (Å²) in [6.45, 7) is 0. The van der Waals surface area contributed by atoms with E-state index < -0.39 is 0 Å². The van der Waals surface area contributed by atoms with Crippen molar-refractivity contribution in [1.82, 2.24) is 0 Å². The second-order valence-corrected chi connectivity index (χ2v) is 0. The van der Waals surface area contributed by atoms with Gasteiger partial charge in [0.2, 0.25) is 0 Å². The molecule has 5 nitrogen and oxygen atoms in total. The van der Waals surface area contributed by atoms with Gasteiger partial charge in [-0.05, 0) is 0 Å². The lowest BCUT2D eigenvalue weighted by Crippen LogP contribution is -2.02. The third-order valence-electron chi connectivity index (χ3n) is 0. The Labute approximate surface area is 54.5 Å². The molecule has 0 aliphatic rings. The minimum Gasteiger partial charge on any atom is -0.412 e. The topological polar surface area (TPSA) is 136 Å². The van der Waals surface area contributed by atoms with Gasteiger partial charge in [-0.15, -0.1) is 24.8 Å². The standard InChI is InChI=1S/2ClH.2H4N2.H2O/c;;2*1-2;/h2*1H;2*1-2H2;1H2. The molecule has 0 fully saturated rings. The van der Waals surface area contributed by atoms with Crippen LogP contribution in [-0.4, -0.2) is 5.48 Å². The van der Waals surface area contributed by atoms with E-state index in [9.17, 15) is 0 Å². The van der Waals surface area contributed by atoms with Crippen LogP contribution in [0.2, 0.25) is 0 Å². The quantitative estimate of drug-likeness (QED) is 0.230. The van der Waals surface area contributed by atoms with Crippen molar-refractivity contribution < 1.29 is 5.48 Å². The molecule has 0 amide bonds. The average molecular weight is 155 g/mol. The van der Waals surface area contributed by atoms with Gasteiger partial charge in [0.1, 0.15) is 0 Å². The smallest absolute Gasteiger partial charge is 0.147 e. The Hall–Kier alpha value is 0.380. The van der Waals surface area contributed by atoms with Gasteiger partial charge in [-0.25, -0.2) is 0 Å². The summed E-state index contributed by atoms with van der Waals surface area (Å²) in [7, 11) is 0. The highest BCUT2D eigenvalue weighted by atomic mass is 35.5. The van der Waals surface area contributed by atoms with E-state index in [1.807, 2.05) is 0 Å². The molecule has 0 aromatic carbocycles. The molecule has 0 spiro atoms. The molecule has 0 saturated carbocycles. The van der Waals surface area contributed by atoms with E-state index >= 15 is 0 Å². The van der Waals surface area contributed by atoms with Crippen LogP contribution in [0.15, 0.2) is 0 Å². The van der Waals surface area contributed by atoms with Crippen molar-refractivity contribution in [3.63, 3.8) is 0 Å². The first kappa shape index (κ1) is 53.0. The lowest BCUT2D eigenvalue weighted by molar-refractivity contribution is 0.824. The van der Waals surface area contributed by atoms with Crippen LogP contribution in [0.1, 0.15) is 0 Å². The van der Waals surface area contributed by atoms with Crippen molar-refractivity contribution in [2.45, 2.75) is 0 Å². The minimum absolute atomic E-state index is 0. The van der Waals surface area contributed by atoms with Crippen LogP contribution in [0.25, 0.3) is 0 Å². The third-order valence-corrected chi connectivity index (χ3v) is 0. The highest BCUT2D eigenvalue weighted by Crippen LogP contribution is 0.691. The van der Waals surface area contributed by atoms with E-state index in [-0.39, 0.29) is 30.3 Å². The SMILES string of the molecule is Cl.Cl.NN.NN.O. The monoisotopic (exact) mass is 154 g/mol. The summed E-state index contributed by atoms with van der Waals surface area (Å²) in [5.74, 6) is 16.0. The van der Waals surface area contributed by atoms with Crippen LogP contribution in [0, 0.1) is 0 Å². The zero-order valence-corrected chi connectivity index (χ0v) is 5.26. The molecule has 0 aromatic heterocycles. The third kappa shape index (κ3) is 848. The van der Waals surface area contributed by atoms with Gasteiger partial charge in [-0.2, -0.15) is 0 Å². The number of hydrogen-bond acceptors (Lipinski definition) is 4.